The van der Waals surface area contributed by atoms with Crippen LogP contribution in [-0.4, -0.2) is 0 Å². The number of rotatable bonds is 6. The van der Waals surface area contributed by atoms with Gasteiger partial charge in [-0.25, -0.2) is 0 Å². The van der Waals surface area contributed by atoms with Crippen LogP contribution in [0.2, 0.25) is 0 Å². The van der Waals surface area contributed by atoms with Gasteiger partial charge in [-0.2, -0.15) is 0 Å². The molecule has 0 spiro atoms. The smallest absolute Gasteiger partial charge is 0.0279 e. The molecule has 0 bridgehead atoms. The van der Waals surface area contributed by atoms with Gasteiger partial charge in [0.2, 0.25) is 0 Å². The fourth-order valence-electron chi connectivity index (χ4n) is 1.03. The zero-order chi connectivity index (χ0) is 11.9. The van der Waals surface area contributed by atoms with Crippen LogP contribution in [0, 0.1) is 35.5 Å². The summed E-state index contributed by atoms with van der Waals surface area (Å²) in [7, 11) is 0. The highest BCUT2D eigenvalue weighted by atomic mass is 13.9. The Morgan fingerprint density at radius 1 is 0.938 bits per heavy atom. The van der Waals surface area contributed by atoms with E-state index in [0.29, 0.717) is 0 Å². The van der Waals surface area contributed by atoms with E-state index >= 15 is 0 Å². The van der Waals surface area contributed by atoms with Crippen molar-refractivity contribution in [1.82, 2.24) is 0 Å². The SMILES string of the molecule is C=CCCCCC=CCC#CC#CC#CC. The maximum atomic E-state index is 3.69. The van der Waals surface area contributed by atoms with Crippen molar-refractivity contribution in [2.75, 3.05) is 0 Å². The molecule has 0 unspecified atom stereocenters. The van der Waals surface area contributed by atoms with Crippen LogP contribution in [0.3, 0.4) is 0 Å². The van der Waals surface area contributed by atoms with Gasteiger partial charge in [-0.1, -0.05) is 30.1 Å². The number of hydrogen-bond acceptors (Lipinski definition) is 0. The van der Waals surface area contributed by atoms with Crippen LogP contribution in [0.1, 0.15) is 39.0 Å². The van der Waals surface area contributed by atoms with Crippen LogP contribution in [0.15, 0.2) is 24.8 Å². The second-order valence-electron chi connectivity index (χ2n) is 3.18. The molecule has 0 aliphatic carbocycles. The van der Waals surface area contributed by atoms with Gasteiger partial charge >= 0.3 is 0 Å². The van der Waals surface area contributed by atoms with Gasteiger partial charge in [0, 0.05) is 6.42 Å². The molecule has 0 heterocycles. The van der Waals surface area contributed by atoms with Crippen molar-refractivity contribution >= 4 is 0 Å². The summed E-state index contributed by atoms with van der Waals surface area (Å²) in [6.07, 6.45) is 11.7. The second kappa shape index (κ2) is 13.2. The molecule has 82 valence electrons. The Morgan fingerprint density at radius 3 is 2.44 bits per heavy atom. The number of unbranched alkanes of at least 4 members (excludes halogenated alkanes) is 3. The van der Waals surface area contributed by atoms with Crippen LogP contribution in [0.4, 0.5) is 0 Å². The molecule has 0 heteroatoms. The van der Waals surface area contributed by atoms with Crippen LogP contribution < -0.4 is 0 Å². The third kappa shape index (κ3) is 12.2. The van der Waals surface area contributed by atoms with Crippen molar-refractivity contribution < 1.29 is 0 Å². The van der Waals surface area contributed by atoms with E-state index in [1.807, 2.05) is 6.08 Å². The molecule has 0 nitrogen and oxygen atoms in total. The largest absolute Gasteiger partial charge is 0.103 e. The summed E-state index contributed by atoms with van der Waals surface area (Å²) in [6, 6.07) is 0. The Labute approximate surface area is 99.8 Å². The summed E-state index contributed by atoms with van der Waals surface area (Å²) in [5.74, 6) is 16.4. The monoisotopic (exact) mass is 210 g/mol. The molecule has 0 saturated carbocycles. The van der Waals surface area contributed by atoms with Gasteiger partial charge in [-0.15, -0.1) is 6.58 Å². The van der Waals surface area contributed by atoms with Crippen LogP contribution in [0.5, 0.6) is 0 Å². The Balaban J connectivity index is 3.49. The zero-order valence-electron chi connectivity index (χ0n) is 9.97. The third-order valence-electron chi connectivity index (χ3n) is 1.82. The maximum absolute atomic E-state index is 3.69. The summed E-state index contributed by atoms with van der Waals surface area (Å²) in [6.45, 7) is 5.45. The van der Waals surface area contributed by atoms with E-state index in [9.17, 15) is 0 Å². The van der Waals surface area contributed by atoms with E-state index in [1.165, 1.54) is 12.8 Å². The first-order chi connectivity index (χ1) is 7.91. The minimum absolute atomic E-state index is 0.774. The van der Waals surface area contributed by atoms with Gasteiger partial charge in [0.05, 0.1) is 0 Å². The highest BCUT2D eigenvalue weighted by Gasteiger charge is 1.81. The lowest BCUT2D eigenvalue weighted by Crippen LogP contribution is -1.71. The van der Waals surface area contributed by atoms with Crippen molar-refractivity contribution in [2.45, 2.75) is 39.0 Å². The normalized spacial score (nSPS) is 8.06. The topological polar surface area (TPSA) is 0 Å². The van der Waals surface area contributed by atoms with Gasteiger partial charge in [0.15, 0.2) is 0 Å². The van der Waals surface area contributed by atoms with Crippen LogP contribution in [0.25, 0.3) is 0 Å². The van der Waals surface area contributed by atoms with E-state index in [1.54, 1.807) is 6.92 Å². The van der Waals surface area contributed by atoms with E-state index in [-0.39, 0.29) is 0 Å². The Bertz CT molecular complexity index is 377. The summed E-state index contributed by atoms with van der Waals surface area (Å²) < 4.78 is 0. The van der Waals surface area contributed by atoms with Crippen molar-refractivity contribution in [3.05, 3.63) is 24.8 Å². The Kier molecular flexibility index (Phi) is 11.6. The molecular formula is C16H18. The molecule has 0 aromatic rings. The van der Waals surface area contributed by atoms with E-state index in [2.05, 4.69) is 54.3 Å². The molecule has 0 saturated heterocycles. The highest BCUT2D eigenvalue weighted by molar-refractivity contribution is 5.35. The minimum atomic E-state index is 0.774. The van der Waals surface area contributed by atoms with E-state index in [4.69, 9.17) is 0 Å². The van der Waals surface area contributed by atoms with Gasteiger partial charge in [-0.3, -0.25) is 0 Å². The standard InChI is InChI=1S/C16H18/c1-3-5-7-9-11-13-15-16-14-12-10-8-6-4-2/h3,13,15H,1,5,7,9,11,16H2,2H3. The molecule has 0 radical (unpaired) electrons. The predicted molar refractivity (Wildman–Crippen MR) is 71.4 cm³/mol. The molecule has 0 rings (SSSR count). The molecule has 16 heavy (non-hydrogen) atoms. The fraction of sp³-hybridized carbons (Fsp3) is 0.375. The zero-order valence-corrected chi connectivity index (χ0v) is 9.97. The van der Waals surface area contributed by atoms with Crippen molar-refractivity contribution in [3.63, 3.8) is 0 Å². The van der Waals surface area contributed by atoms with Crippen molar-refractivity contribution in [2.24, 2.45) is 0 Å². The number of allylic oxidation sites excluding steroid dienone is 3. The molecule has 0 N–H and O–H groups in total. The second-order valence-corrected chi connectivity index (χ2v) is 3.18. The molecule has 0 aliphatic heterocycles. The lowest BCUT2D eigenvalue weighted by Gasteiger charge is -1.90. The van der Waals surface area contributed by atoms with Crippen LogP contribution >= 0.6 is 0 Å². The van der Waals surface area contributed by atoms with Gasteiger partial charge in [0.25, 0.3) is 0 Å². The average molecular weight is 210 g/mol. The van der Waals surface area contributed by atoms with Gasteiger partial charge in [0.1, 0.15) is 0 Å². The first-order valence-electron chi connectivity index (χ1n) is 5.57. The summed E-state index contributed by atoms with van der Waals surface area (Å²) in [5.41, 5.74) is 0. The quantitative estimate of drug-likeness (QED) is 0.356. The molecule has 0 fully saturated rings. The molecular weight excluding hydrogens is 192 g/mol. The summed E-state index contributed by atoms with van der Waals surface area (Å²) in [4.78, 5) is 0. The van der Waals surface area contributed by atoms with E-state index in [0.717, 1.165) is 19.3 Å². The lowest BCUT2D eigenvalue weighted by molar-refractivity contribution is 0.762. The van der Waals surface area contributed by atoms with E-state index < -0.39 is 0 Å². The Morgan fingerprint density at radius 2 is 1.69 bits per heavy atom. The maximum Gasteiger partial charge on any atom is 0.0279 e. The summed E-state index contributed by atoms with van der Waals surface area (Å²) >= 11 is 0. The first-order valence-corrected chi connectivity index (χ1v) is 5.57. The van der Waals surface area contributed by atoms with Crippen molar-refractivity contribution in [3.8, 4) is 35.5 Å². The predicted octanol–water partition coefficient (Wildman–Crippen LogP) is 3.71. The Hall–Kier alpha value is -1.84. The van der Waals surface area contributed by atoms with Gasteiger partial charge in [-0.05, 0) is 56.3 Å². The molecule has 0 amide bonds. The molecule has 0 aromatic carbocycles. The van der Waals surface area contributed by atoms with Crippen molar-refractivity contribution in [1.29, 1.82) is 0 Å². The lowest BCUT2D eigenvalue weighted by atomic mass is 10.2. The van der Waals surface area contributed by atoms with Crippen LogP contribution in [-0.2, 0) is 0 Å². The molecule has 0 aromatic heterocycles. The molecule has 0 aliphatic rings. The molecule has 0 atom stereocenters. The fourth-order valence-corrected chi connectivity index (χ4v) is 1.03. The first kappa shape index (κ1) is 14.2. The number of hydrogen-bond donors (Lipinski definition) is 0. The third-order valence-corrected chi connectivity index (χ3v) is 1.82. The average Bonchev–Trinajstić information content (AvgIpc) is 2.31. The summed E-state index contributed by atoms with van der Waals surface area (Å²) in [5, 5.41) is 0. The minimum Gasteiger partial charge on any atom is -0.103 e. The highest BCUT2D eigenvalue weighted by Crippen LogP contribution is 2.00. The van der Waals surface area contributed by atoms with Gasteiger partial charge < -0.3 is 0 Å².